The van der Waals surface area contributed by atoms with E-state index in [4.69, 9.17) is 22.7 Å². The average molecular weight is 328 g/mol. The molecule has 0 spiro atoms. The summed E-state index contributed by atoms with van der Waals surface area (Å²) in [6.45, 7) is 4.52. The molecule has 5 nitrogen and oxygen atoms in total. The van der Waals surface area contributed by atoms with E-state index in [1.807, 2.05) is 13.8 Å². The molecule has 0 radical (unpaired) electrons. The SMILES string of the molecule is CC1CN(S(=O)(=O)c2ccc(CC(N)=S)cc2)C(C)CO1. The van der Waals surface area contributed by atoms with Crippen LogP contribution in [-0.2, 0) is 21.2 Å². The number of hydrogen-bond acceptors (Lipinski definition) is 4. The third kappa shape index (κ3) is 3.79. The molecule has 0 aliphatic carbocycles. The van der Waals surface area contributed by atoms with E-state index in [0.29, 0.717) is 24.6 Å². The van der Waals surface area contributed by atoms with E-state index in [-0.39, 0.29) is 17.0 Å². The molecule has 1 heterocycles. The predicted molar refractivity (Wildman–Crippen MR) is 85.7 cm³/mol. The van der Waals surface area contributed by atoms with E-state index in [9.17, 15) is 8.42 Å². The van der Waals surface area contributed by atoms with Gasteiger partial charge in [0, 0.05) is 19.0 Å². The van der Waals surface area contributed by atoms with Crippen molar-refractivity contribution in [1.82, 2.24) is 4.31 Å². The molecule has 0 bridgehead atoms. The zero-order chi connectivity index (χ0) is 15.6. The summed E-state index contributed by atoms with van der Waals surface area (Å²) in [4.78, 5) is 0.677. The lowest BCUT2D eigenvalue weighted by atomic mass is 10.1. The second-order valence-corrected chi connectivity index (χ2v) is 7.77. The smallest absolute Gasteiger partial charge is 0.243 e. The van der Waals surface area contributed by atoms with E-state index < -0.39 is 10.0 Å². The van der Waals surface area contributed by atoms with Gasteiger partial charge >= 0.3 is 0 Å². The minimum Gasteiger partial charge on any atom is -0.393 e. The van der Waals surface area contributed by atoms with Gasteiger partial charge in [0.25, 0.3) is 0 Å². The minimum absolute atomic E-state index is 0.0927. The van der Waals surface area contributed by atoms with Gasteiger partial charge < -0.3 is 10.5 Å². The van der Waals surface area contributed by atoms with Gasteiger partial charge in [-0.3, -0.25) is 0 Å². The Kier molecular flexibility index (Phi) is 4.98. The van der Waals surface area contributed by atoms with Gasteiger partial charge in [0.1, 0.15) is 0 Å². The monoisotopic (exact) mass is 328 g/mol. The van der Waals surface area contributed by atoms with Crippen molar-refractivity contribution in [3.63, 3.8) is 0 Å². The molecule has 0 aromatic heterocycles. The molecule has 1 aliphatic heterocycles. The lowest BCUT2D eigenvalue weighted by Gasteiger charge is -2.35. The molecule has 1 aliphatic rings. The number of ether oxygens (including phenoxy) is 1. The first kappa shape index (κ1) is 16.4. The van der Waals surface area contributed by atoms with Crippen LogP contribution in [0, 0.1) is 0 Å². The van der Waals surface area contributed by atoms with E-state index in [2.05, 4.69) is 0 Å². The molecule has 0 amide bonds. The maximum atomic E-state index is 12.7. The second kappa shape index (κ2) is 6.39. The van der Waals surface area contributed by atoms with Crippen molar-refractivity contribution in [1.29, 1.82) is 0 Å². The fraction of sp³-hybridized carbons (Fsp3) is 0.500. The van der Waals surface area contributed by atoms with Crippen molar-refractivity contribution in [3.05, 3.63) is 29.8 Å². The van der Waals surface area contributed by atoms with Crippen LogP contribution in [0.15, 0.2) is 29.2 Å². The lowest BCUT2D eigenvalue weighted by Crippen LogP contribution is -2.50. The Labute approximate surface area is 131 Å². The zero-order valence-electron chi connectivity index (χ0n) is 12.2. The van der Waals surface area contributed by atoms with Crippen molar-refractivity contribution < 1.29 is 13.2 Å². The van der Waals surface area contributed by atoms with Gasteiger partial charge in [-0.15, -0.1) is 0 Å². The molecule has 1 fully saturated rings. The van der Waals surface area contributed by atoms with Gasteiger partial charge in [-0.25, -0.2) is 8.42 Å². The summed E-state index contributed by atoms with van der Waals surface area (Å²) < 4.78 is 32.4. The number of nitrogens with zero attached hydrogens (tertiary/aromatic N) is 1. The van der Waals surface area contributed by atoms with Crippen molar-refractivity contribution in [2.75, 3.05) is 13.2 Å². The van der Waals surface area contributed by atoms with Crippen LogP contribution in [0.4, 0.5) is 0 Å². The predicted octanol–water partition coefficient (Wildman–Crippen LogP) is 1.31. The van der Waals surface area contributed by atoms with Crippen LogP contribution in [-0.4, -0.2) is 43.0 Å². The Morgan fingerprint density at radius 2 is 2.00 bits per heavy atom. The molecule has 1 aromatic rings. The number of sulfonamides is 1. The number of morpholine rings is 1. The highest BCUT2D eigenvalue weighted by molar-refractivity contribution is 7.89. The number of thiocarbonyl (C=S) groups is 1. The molecule has 2 atom stereocenters. The molecular formula is C14H20N2O3S2. The van der Waals surface area contributed by atoms with Gasteiger partial charge in [-0.2, -0.15) is 4.31 Å². The Hall–Kier alpha value is -1.02. The third-order valence-electron chi connectivity index (χ3n) is 3.46. The topological polar surface area (TPSA) is 72.6 Å². The Bertz CT molecular complexity index is 614. The molecular weight excluding hydrogens is 308 g/mol. The summed E-state index contributed by atoms with van der Waals surface area (Å²) in [6.07, 6.45) is 0.380. The molecule has 2 N–H and O–H groups in total. The minimum atomic E-state index is -3.50. The highest BCUT2D eigenvalue weighted by Gasteiger charge is 2.33. The fourth-order valence-corrected chi connectivity index (χ4v) is 4.18. The Balaban J connectivity index is 2.24. The van der Waals surface area contributed by atoms with Crippen LogP contribution >= 0.6 is 12.2 Å². The van der Waals surface area contributed by atoms with E-state index in [1.165, 1.54) is 4.31 Å². The number of hydrogen-bond donors (Lipinski definition) is 1. The summed E-state index contributed by atoms with van der Waals surface area (Å²) in [5, 5.41) is 0. The fourth-order valence-electron chi connectivity index (χ4n) is 2.32. The van der Waals surface area contributed by atoms with Gasteiger partial charge in [-0.1, -0.05) is 24.4 Å². The van der Waals surface area contributed by atoms with Crippen LogP contribution in [0.1, 0.15) is 19.4 Å². The maximum Gasteiger partial charge on any atom is 0.243 e. The summed E-state index contributed by atoms with van der Waals surface area (Å²) in [5.74, 6) is 0. The van der Waals surface area contributed by atoms with E-state index in [1.54, 1.807) is 24.3 Å². The number of rotatable bonds is 4. The zero-order valence-corrected chi connectivity index (χ0v) is 13.8. The largest absolute Gasteiger partial charge is 0.393 e. The van der Waals surface area contributed by atoms with Gasteiger partial charge in [0.15, 0.2) is 0 Å². The van der Waals surface area contributed by atoms with E-state index >= 15 is 0 Å². The van der Waals surface area contributed by atoms with Crippen molar-refractivity contribution in [2.24, 2.45) is 5.73 Å². The first-order valence-corrected chi connectivity index (χ1v) is 8.66. The lowest BCUT2D eigenvalue weighted by molar-refractivity contribution is -0.0170. The van der Waals surface area contributed by atoms with Crippen molar-refractivity contribution >= 4 is 27.2 Å². The summed E-state index contributed by atoms with van der Waals surface area (Å²) >= 11 is 4.85. The van der Waals surface area contributed by atoms with Crippen LogP contribution in [0.3, 0.4) is 0 Å². The van der Waals surface area contributed by atoms with Crippen molar-refractivity contribution in [3.8, 4) is 0 Å². The highest BCUT2D eigenvalue weighted by Crippen LogP contribution is 2.22. The molecule has 21 heavy (non-hydrogen) atoms. The van der Waals surface area contributed by atoms with E-state index in [0.717, 1.165) is 5.56 Å². The standard InChI is InChI=1S/C14H20N2O3S2/c1-10-9-19-11(2)8-16(10)21(17,18)13-5-3-12(4-6-13)7-14(15)20/h3-6,10-11H,7-9H2,1-2H3,(H2,15,20). The van der Waals surface area contributed by atoms with Gasteiger partial charge in [0.2, 0.25) is 10.0 Å². The van der Waals surface area contributed by atoms with Crippen LogP contribution in [0.5, 0.6) is 0 Å². The Morgan fingerprint density at radius 1 is 1.38 bits per heavy atom. The number of benzene rings is 1. The van der Waals surface area contributed by atoms with Crippen LogP contribution in [0.25, 0.3) is 0 Å². The summed E-state index contributed by atoms with van der Waals surface area (Å²) in [6, 6.07) is 6.55. The molecule has 1 aromatic carbocycles. The number of nitrogens with two attached hydrogens (primary N) is 1. The molecule has 7 heteroatoms. The quantitative estimate of drug-likeness (QED) is 0.844. The molecule has 2 rings (SSSR count). The summed E-state index contributed by atoms with van der Waals surface area (Å²) in [5.41, 5.74) is 6.40. The first-order valence-electron chi connectivity index (χ1n) is 6.81. The second-order valence-electron chi connectivity index (χ2n) is 5.35. The van der Waals surface area contributed by atoms with Gasteiger partial charge in [-0.05, 0) is 31.5 Å². The molecule has 0 saturated carbocycles. The third-order valence-corrected chi connectivity index (χ3v) is 5.60. The highest BCUT2D eigenvalue weighted by atomic mass is 32.2. The first-order chi connectivity index (χ1) is 9.80. The van der Waals surface area contributed by atoms with Crippen molar-refractivity contribution in [2.45, 2.75) is 37.3 Å². The molecule has 2 unspecified atom stereocenters. The van der Waals surface area contributed by atoms with Crippen LogP contribution < -0.4 is 5.73 Å². The van der Waals surface area contributed by atoms with Gasteiger partial charge in [0.05, 0.1) is 22.6 Å². The average Bonchev–Trinajstić information content (AvgIpc) is 2.41. The summed E-state index contributed by atoms with van der Waals surface area (Å²) in [7, 11) is -3.50. The maximum absolute atomic E-state index is 12.7. The molecule has 116 valence electrons. The normalized spacial score (nSPS) is 23.9. The van der Waals surface area contributed by atoms with Crippen LogP contribution in [0.2, 0.25) is 0 Å². The molecule has 1 saturated heterocycles. The Morgan fingerprint density at radius 3 is 2.57 bits per heavy atom.